The minimum absolute atomic E-state index is 0.289. The summed E-state index contributed by atoms with van der Waals surface area (Å²) in [6, 6.07) is 11.8. The lowest BCUT2D eigenvalue weighted by atomic mass is 9.84. The number of aliphatic hydroxyl groups excluding tert-OH is 1. The number of benzene rings is 1. The van der Waals surface area contributed by atoms with E-state index in [4.69, 9.17) is 14.7 Å². The fourth-order valence-electron chi connectivity index (χ4n) is 4.97. The van der Waals surface area contributed by atoms with E-state index in [0.717, 1.165) is 17.2 Å². The molecule has 5 rings (SSSR count). The van der Waals surface area contributed by atoms with Crippen LogP contribution in [0.4, 0.5) is 22.7 Å². The molecule has 202 valence electrons. The molecule has 2 saturated heterocycles. The highest BCUT2D eigenvalue weighted by atomic mass is 32.1. The molecule has 10 nitrogen and oxygen atoms in total. The Bertz CT molecular complexity index is 1250. The van der Waals surface area contributed by atoms with Crippen LogP contribution in [0.15, 0.2) is 36.4 Å². The van der Waals surface area contributed by atoms with E-state index in [-0.39, 0.29) is 6.10 Å². The molecule has 0 radical (unpaired) electrons. The number of thiazole rings is 1. The highest BCUT2D eigenvalue weighted by Crippen LogP contribution is 2.35. The van der Waals surface area contributed by atoms with Gasteiger partial charge in [0, 0.05) is 32.2 Å². The average Bonchev–Trinajstić information content (AvgIpc) is 3.29. The van der Waals surface area contributed by atoms with Gasteiger partial charge in [0.1, 0.15) is 16.5 Å². The smallest absolute Gasteiger partial charge is 0.350 e. The number of esters is 1. The summed E-state index contributed by atoms with van der Waals surface area (Å²) in [6.07, 6.45) is 2.25. The van der Waals surface area contributed by atoms with Crippen LogP contribution in [0.5, 0.6) is 0 Å². The zero-order valence-corrected chi connectivity index (χ0v) is 22.6. The van der Waals surface area contributed by atoms with Crippen molar-refractivity contribution in [2.75, 3.05) is 47.9 Å². The van der Waals surface area contributed by atoms with Gasteiger partial charge in [0.05, 0.1) is 24.0 Å². The van der Waals surface area contributed by atoms with Crippen molar-refractivity contribution in [3.63, 3.8) is 0 Å². The lowest BCUT2D eigenvalue weighted by molar-refractivity contribution is 0.0116. The fourth-order valence-corrected chi connectivity index (χ4v) is 5.83. The number of carbonyl (C=O) groups is 1. The minimum atomic E-state index is -0.861. The first-order valence-corrected chi connectivity index (χ1v) is 13.9. The van der Waals surface area contributed by atoms with Crippen molar-refractivity contribution in [2.45, 2.75) is 51.2 Å². The lowest BCUT2D eigenvalue weighted by Gasteiger charge is -2.39. The van der Waals surface area contributed by atoms with Gasteiger partial charge in [-0.3, -0.25) is 5.32 Å². The predicted molar refractivity (Wildman–Crippen MR) is 147 cm³/mol. The molecule has 38 heavy (non-hydrogen) atoms. The molecule has 4 heterocycles. The molecule has 0 saturated carbocycles. The van der Waals surface area contributed by atoms with E-state index in [0.29, 0.717) is 80.1 Å². The fraction of sp³-hybridized carbons (Fsp3) is 0.481. The number of aryl methyl sites for hydroxylation is 1. The molecule has 0 aliphatic carbocycles. The van der Waals surface area contributed by atoms with Crippen LogP contribution in [-0.2, 0) is 10.3 Å². The maximum Gasteiger partial charge on any atom is 0.350 e. The van der Waals surface area contributed by atoms with Gasteiger partial charge in [-0.05, 0) is 45.1 Å². The molecule has 0 spiro atoms. The highest BCUT2D eigenvalue weighted by molar-refractivity contribution is 7.17. The quantitative estimate of drug-likeness (QED) is 0.384. The normalized spacial score (nSPS) is 17.9. The number of rotatable bonds is 7. The first-order chi connectivity index (χ1) is 18.3. The summed E-state index contributed by atoms with van der Waals surface area (Å²) in [5.74, 6) is 1.53. The van der Waals surface area contributed by atoms with E-state index < -0.39 is 11.6 Å². The van der Waals surface area contributed by atoms with Crippen LogP contribution in [0.3, 0.4) is 0 Å². The number of ether oxygens (including phenoxy) is 1. The van der Waals surface area contributed by atoms with E-state index in [1.807, 2.05) is 36.4 Å². The Morgan fingerprint density at radius 3 is 2.34 bits per heavy atom. The summed E-state index contributed by atoms with van der Waals surface area (Å²) >= 11 is 1.21. The summed E-state index contributed by atoms with van der Waals surface area (Å²) in [5.41, 5.74) is 0.668. The third-order valence-electron chi connectivity index (χ3n) is 7.19. The Balaban J connectivity index is 1.39. The van der Waals surface area contributed by atoms with Gasteiger partial charge in [0.25, 0.3) is 0 Å². The number of hydrogen-bond donors (Lipinski definition) is 3. The van der Waals surface area contributed by atoms with Crippen LogP contribution < -0.4 is 15.1 Å². The first-order valence-electron chi connectivity index (χ1n) is 13.1. The Labute approximate surface area is 226 Å². The van der Waals surface area contributed by atoms with Gasteiger partial charge < -0.3 is 24.7 Å². The second-order valence-corrected chi connectivity index (χ2v) is 10.8. The second kappa shape index (κ2) is 11.2. The molecule has 11 heteroatoms. The topological polar surface area (TPSA) is 124 Å². The standard InChI is InChI=1S/C27H34N6O4S/c1-3-37-24(35)23-18(2)28-26(38-23)31-25-29-21(32-13-9-20(34)10-14-32)17-22(30-25)33-15-11-27(36,12-16-33)19-7-5-4-6-8-19/h4-8,17,20,34,36H,3,9-16H2,1-2H3,(H,28,29,30,31). The number of carbonyl (C=O) groups excluding carboxylic acids is 1. The number of piperidine rings is 2. The molecular formula is C27H34N6O4S. The van der Waals surface area contributed by atoms with Crippen LogP contribution in [0, 0.1) is 6.92 Å². The van der Waals surface area contributed by atoms with Gasteiger partial charge in [-0.1, -0.05) is 41.7 Å². The molecule has 3 N–H and O–H groups in total. The predicted octanol–water partition coefficient (Wildman–Crippen LogP) is 3.61. The summed E-state index contributed by atoms with van der Waals surface area (Å²) in [7, 11) is 0. The van der Waals surface area contributed by atoms with Crippen molar-refractivity contribution in [3.05, 3.63) is 52.5 Å². The maximum atomic E-state index is 12.3. The van der Waals surface area contributed by atoms with Gasteiger partial charge in [-0.15, -0.1) is 0 Å². The van der Waals surface area contributed by atoms with E-state index >= 15 is 0 Å². The summed E-state index contributed by atoms with van der Waals surface area (Å²) in [6.45, 7) is 6.54. The van der Waals surface area contributed by atoms with Gasteiger partial charge in [0.2, 0.25) is 5.95 Å². The molecule has 2 aromatic heterocycles. The van der Waals surface area contributed by atoms with Crippen molar-refractivity contribution in [1.29, 1.82) is 0 Å². The Morgan fingerprint density at radius 1 is 1.08 bits per heavy atom. The van der Waals surface area contributed by atoms with Gasteiger partial charge >= 0.3 is 5.97 Å². The number of nitrogens with zero attached hydrogens (tertiary/aromatic N) is 5. The number of aliphatic hydroxyl groups is 2. The van der Waals surface area contributed by atoms with E-state index in [9.17, 15) is 15.0 Å². The molecule has 3 aromatic rings. The Morgan fingerprint density at radius 2 is 1.71 bits per heavy atom. The largest absolute Gasteiger partial charge is 0.462 e. The molecule has 2 aliphatic rings. The van der Waals surface area contributed by atoms with E-state index in [2.05, 4.69) is 20.1 Å². The number of aromatic nitrogens is 3. The molecule has 0 amide bonds. The molecule has 0 bridgehead atoms. The summed E-state index contributed by atoms with van der Waals surface area (Å²) in [5, 5.41) is 25.0. The molecule has 2 fully saturated rings. The van der Waals surface area contributed by atoms with Gasteiger partial charge in [-0.2, -0.15) is 9.97 Å². The monoisotopic (exact) mass is 538 g/mol. The van der Waals surface area contributed by atoms with E-state index in [1.165, 1.54) is 11.3 Å². The van der Waals surface area contributed by atoms with Gasteiger partial charge in [-0.25, -0.2) is 9.78 Å². The maximum absolute atomic E-state index is 12.3. The summed E-state index contributed by atoms with van der Waals surface area (Å²) < 4.78 is 5.14. The SMILES string of the molecule is CCOC(=O)c1sc(Nc2nc(N3CCC(O)CC3)cc(N3CCC(O)(c4ccccc4)CC3)n2)nc1C. The van der Waals surface area contributed by atoms with E-state index in [1.54, 1.807) is 13.8 Å². The van der Waals surface area contributed by atoms with Gasteiger partial charge in [0.15, 0.2) is 5.13 Å². The van der Waals surface area contributed by atoms with Crippen LogP contribution in [0.25, 0.3) is 0 Å². The van der Waals surface area contributed by atoms with Crippen molar-refractivity contribution < 1.29 is 19.7 Å². The zero-order chi connectivity index (χ0) is 26.7. The molecular weight excluding hydrogens is 504 g/mol. The second-order valence-electron chi connectivity index (χ2n) is 9.79. The van der Waals surface area contributed by atoms with Crippen LogP contribution in [0.2, 0.25) is 0 Å². The number of hydrogen-bond acceptors (Lipinski definition) is 11. The zero-order valence-electron chi connectivity index (χ0n) is 21.8. The minimum Gasteiger partial charge on any atom is -0.462 e. The van der Waals surface area contributed by atoms with Crippen molar-refractivity contribution in [3.8, 4) is 0 Å². The first kappa shape index (κ1) is 26.3. The lowest BCUT2D eigenvalue weighted by Crippen LogP contribution is -2.43. The average molecular weight is 539 g/mol. The molecule has 0 atom stereocenters. The molecule has 0 unspecified atom stereocenters. The highest BCUT2D eigenvalue weighted by Gasteiger charge is 2.34. The van der Waals surface area contributed by atoms with Crippen LogP contribution in [0.1, 0.15) is 53.5 Å². The molecule has 2 aliphatic heterocycles. The number of anilines is 4. The molecule has 1 aromatic carbocycles. The van der Waals surface area contributed by atoms with Crippen molar-refractivity contribution in [1.82, 2.24) is 15.0 Å². The third-order valence-corrected chi connectivity index (χ3v) is 8.24. The van der Waals surface area contributed by atoms with Crippen LogP contribution in [-0.4, -0.2) is 70.0 Å². The third kappa shape index (κ3) is 5.74. The van der Waals surface area contributed by atoms with Crippen molar-refractivity contribution >= 4 is 40.0 Å². The van der Waals surface area contributed by atoms with Crippen LogP contribution >= 0.6 is 11.3 Å². The van der Waals surface area contributed by atoms with Crippen molar-refractivity contribution in [2.24, 2.45) is 0 Å². The Hall–Kier alpha value is -3.28. The Kier molecular flexibility index (Phi) is 7.78. The number of nitrogens with one attached hydrogen (secondary N) is 1. The summed E-state index contributed by atoms with van der Waals surface area (Å²) in [4.78, 5) is 31.1.